The van der Waals surface area contributed by atoms with Gasteiger partial charge < -0.3 is 10.6 Å². The Morgan fingerprint density at radius 1 is 1.21 bits per heavy atom. The van der Waals surface area contributed by atoms with Crippen LogP contribution in [0, 0.1) is 33.6 Å². The van der Waals surface area contributed by atoms with Crippen LogP contribution in [0.5, 0.6) is 0 Å². The van der Waals surface area contributed by atoms with Gasteiger partial charge in [-0.1, -0.05) is 6.07 Å². The third kappa shape index (κ3) is 3.01. The molecule has 0 saturated carbocycles. The minimum absolute atomic E-state index is 0.489. The molecule has 0 spiro atoms. The molecule has 2 rings (SSSR count). The normalized spacial score (nSPS) is 20.8. The molecule has 1 aromatic rings. The molecule has 1 saturated heterocycles. The summed E-state index contributed by atoms with van der Waals surface area (Å²) in [5, 5.41) is 7.03. The Morgan fingerprint density at radius 2 is 1.84 bits per heavy atom. The molecule has 2 N–H and O–H groups in total. The molecule has 2 unspecified atom stereocenters. The van der Waals surface area contributed by atoms with Crippen LogP contribution in [0.4, 0.5) is 0 Å². The first-order valence-corrected chi connectivity index (χ1v) is 7.49. The van der Waals surface area contributed by atoms with E-state index in [2.05, 4.69) is 51.4 Å². The van der Waals surface area contributed by atoms with Crippen LogP contribution in [-0.4, -0.2) is 20.1 Å². The van der Waals surface area contributed by atoms with E-state index in [0.717, 1.165) is 5.92 Å². The molecule has 0 amide bonds. The Labute approximate surface area is 118 Å². The maximum Gasteiger partial charge on any atom is 0.0326 e. The number of benzene rings is 1. The smallest absolute Gasteiger partial charge is 0.0326 e. The van der Waals surface area contributed by atoms with Gasteiger partial charge in [-0.3, -0.25) is 0 Å². The highest BCUT2D eigenvalue weighted by molar-refractivity contribution is 5.45. The lowest BCUT2D eigenvalue weighted by Gasteiger charge is -2.26. The first-order valence-electron chi connectivity index (χ1n) is 7.49. The van der Waals surface area contributed by atoms with Crippen molar-refractivity contribution >= 4 is 0 Å². The van der Waals surface area contributed by atoms with Crippen molar-refractivity contribution in [1.82, 2.24) is 10.6 Å². The lowest BCUT2D eigenvalue weighted by atomic mass is 9.85. The van der Waals surface area contributed by atoms with Gasteiger partial charge in [-0.05, 0) is 94.4 Å². The van der Waals surface area contributed by atoms with Gasteiger partial charge in [0.1, 0.15) is 0 Å². The van der Waals surface area contributed by atoms with Crippen LogP contribution in [-0.2, 0) is 0 Å². The van der Waals surface area contributed by atoms with Gasteiger partial charge in [0.25, 0.3) is 0 Å². The average molecular weight is 260 g/mol. The number of rotatable bonds is 4. The lowest BCUT2D eigenvalue weighted by molar-refractivity contribution is 0.428. The summed E-state index contributed by atoms with van der Waals surface area (Å²) >= 11 is 0. The van der Waals surface area contributed by atoms with E-state index in [-0.39, 0.29) is 0 Å². The molecule has 2 heteroatoms. The fraction of sp³-hybridized carbons (Fsp3) is 0.647. The molecule has 0 bridgehead atoms. The summed E-state index contributed by atoms with van der Waals surface area (Å²) in [4.78, 5) is 0. The fourth-order valence-corrected chi connectivity index (χ4v) is 3.40. The molecule has 0 aliphatic carbocycles. The largest absolute Gasteiger partial charge is 0.316 e. The second-order valence-electron chi connectivity index (χ2n) is 6.11. The van der Waals surface area contributed by atoms with Crippen molar-refractivity contribution in [1.29, 1.82) is 0 Å². The molecule has 1 aliphatic heterocycles. The van der Waals surface area contributed by atoms with E-state index < -0.39 is 0 Å². The van der Waals surface area contributed by atoms with Crippen molar-refractivity contribution in [2.75, 3.05) is 20.1 Å². The minimum atomic E-state index is 0.489. The second-order valence-corrected chi connectivity index (χ2v) is 6.11. The van der Waals surface area contributed by atoms with Crippen LogP contribution in [0.2, 0.25) is 0 Å². The highest BCUT2D eigenvalue weighted by Crippen LogP contribution is 2.32. The molecule has 106 valence electrons. The predicted octanol–water partition coefficient (Wildman–Crippen LogP) is 3.18. The van der Waals surface area contributed by atoms with Gasteiger partial charge in [-0.25, -0.2) is 0 Å². The van der Waals surface area contributed by atoms with E-state index in [1.54, 1.807) is 0 Å². The maximum absolute atomic E-state index is 3.55. The first kappa shape index (κ1) is 14.5. The highest BCUT2D eigenvalue weighted by Gasteiger charge is 2.23. The highest BCUT2D eigenvalue weighted by atomic mass is 14.9. The zero-order chi connectivity index (χ0) is 14.0. The van der Waals surface area contributed by atoms with Crippen molar-refractivity contribution in [2.24, 2.45) is 5.92 Å². The number of hydrogen-bond donors (Lipinski definition) is 2. The Bertz CT molecular complexity index is 419. The molecule has 1 heterocycles. The molecule has 1 aliphatic rings. The molecule has 19 heavy (non-hydrogen) atoms. The molecule has 2 atom stereocenters. The monoisotopic (exact) mass is 260 g/mol. The van der Waals surface area contributed by atoms with E-state index in [1.807, 2.05) is 0 Å². The summed E-state index contributed by atoms with van der Waals surface area (Å²) < 4.78 is 0. The van der Waals surface area contributed by atoms with Crippen molar-refractivity contribution < 1.29 is 0 Å². The number of aryl methyl sites for hydroxylation is 2. The summed E-state index contributed by atoms with van der Waals surface area (Å²) in [7, 11) is 2.10. The zero-order valence-electron chi connectivity index (χ0n) is 13.1. The van der Waals surface area contributed by atoms with E-state index in [9.17, 15) is 0 Å². The summed E-state index contributed by atoms with van der Waals surface area (Å²) in [5.74, 6) is 0.817. The summed E-state index contributed by atoms with van der Waals surface area (Å²) in [6, 6.07) is 2.81. The van der Waals surface area contributed by atoms with Crippen LogP contribution >= 0.6 is 0 Å². The standard InChI is InChI=1S/C17H28N2/c1-11-8-12(2)14(4)17(13(11)3)16(18-5)9-15-6-7-19-10-15/h8,15-16,18-19H,6-7,9-10H2,1-5H3. The van der Waals surface area contributed by atoms with Crippen molar-refractivity contribution in [3.05, 3.63) is 33.9 Å². The van der Waals surface area contributed by atoms with E-state index in [4.69, 9.17) is 0 Å². The Balaban J connectivity index is 2.31. The maximum atomic E-state index is 3.55. The van der Waals surface area contributed by atoms with Crippen LogP contribution in [0.15, 0.2) is 6.07 Å². The summed E-state index contributed by atoms with van der Waals surface area (Å²) in [6.07, 6.45) is 2.56. The van der Waals surface area contributed by atoms with Crippen LogP contribution in [0.3, 0.4) is 0 Å². The average Bonchev–Trinajstić information content (AvgIpc) is 2.88. The van der Waals surface area contributed by atoms with Crippen LogP contribution < -0.4 is 10.6 Å². The summed E-state index contributed by atoms with van der Waals surface area (Å²) in [6.45, 7) is 11.4. The van der Waals surface area contributed by atoms with Gasteiger partial charge in [0.2, 0.25) is 0 Å². The first-order chi connectivity index (χ1) is 9.04. The summed E-state index contributed by atoms with van der Waals surface area (Å²) in [5.41, 5.74) is 7.31. The second kappa shape index (κ2) is 6.06. The third-order valence-electron chi connectivity index (χ3n) is 4.85. The van der Waals surface area contributed by atoms with Gasteiger partial charge >= 0.3 is 0 Å². The molecular formula is C17H28N2. The Kier molecular flexibility index (Phi) is 4.64. The van der Waals surface area contributed by atoms with Gasteiger partial charge in [0.15, 0.2) is 0 Å². The minimum Gasteiger partial charge on any atom is -0.316 e. The molecule has 0 aromatic heterocycles. The van der Waals surface area contributed by atoms with Crippen LogP contribution in [0.1, 0.15) is 46.7 Å². The van der Waals surface area contributed by atoms with Gasteiger partial charge in [-0.15, -0.1) is 0 Å². The third-order valence-corrected chi connectivity index (χ3v) is 4.85. The quantitative estimate of drug-likeness (QED) is 0.869. The van der Waals surface area contributed by atoms with Crippen molar-refractivity contribution in [2.45, 2.75) is 46.6 Å². The molecule has 2 nitrogen and oxygen atoms in total. The van der Waals surface area contributed by atoms with Gasteiger partial charge in [-0.2, -0.15) is 0 Å². The molecule has 1 aromatic carbocycles. The molecule has 1 fully saturated rings. The molecular weight excluding hydrogens is 232 g/mol. The van der Waals surface area contributed by atoms with Gasteiger partial charge in [0, 0.05) is 6.04 Å². The molecule has 0 radical (unpaired) electrons. The van der Waals surface area contributed by atoms with Crippen LogP contribution in [0.25, 0.3) is 0 Å². The van der Waals surface area contributed by atoms with Crippen molar-refractivity contribution in [3.8, 4) is 0 Å². The topological polar surface area (TPSA) is 24.1 Å². The lowest BCUT2D eigenvalue weighted by Crippen LogP contribution is -2.23. The Morgan fingerprint density at radius 3 is 2.32 bits per heavy atom. The van der Waals surface area contributed by atoms with E-state index >= 15 is 0 Å². The zero-order valence-corrected chi connectivity index (χ0v) is 13.1. The van der Waals surface area contributed by atoms with Gasteiger partial charge in [0.05, 0.1) is 0 Å². The SMILES string of the molecule is CNC(CC1CCNC1)c1c(C)c(C)cc(C)c1C. The van der Waals surface area contributed by atoms with Crippen molar-refractivity contribution in [3.63, 3.8) is 0 Å². The number of hydrogen-bond acceptors (Lipinski definition) is 2. The fourth-order valence-electron chi connectivity index (χ4n) is 3.40. The number of nitrogens with one attached hydrogen (secondary N) is 2. The van der Waals surface area contributed by atoms with E-state index in [0.29, 0.717) is 6.04 Å². The van der Waals surface area contributed by atoms with E-state index in [1.165, 1.54) is 53.7 Å². The Hall–Kier alpha value is -0.860. The predicted molar refractivity (Wildman–Crippen MR) is 82.8 cm³/mol.